The summed E-state index contributed by atoms with van der Waals surface area (Å²) in [6.45, 7) is 7.11. The maximum absolute atomic E-state index is 12.6. The fourth-order valence-corrected chi connectivity index (χ4v) is 3.26. The second-order valence-corrected chi connectivity index (χ2v) is 8.06. The van der Waals surface area contributed by atoms with E-state index in [0.717, 1.165) is 16.8 Å². The molecule has 0 aliphatic carbocycles. The molecule has 8 nitrogen and oxygen atoms in total. The molecule has 29 heavy (non-hydrogen) atoms. The number of hydrogen-bond donors (Lipinski definition) is 2. The molecule has 0 unspecified atom stereocenters. The van der Waals surface area contributed by atoms with Crippen LogP contribution in [0.4, 0.5) is 5.82 Å². The van der Waals surface area contributed by atoms with Crippen LogP contribution in [0.5, 0.6) is 0 Å². The van der Waals surface area contributed by atoms with Gasteiger partial charge >= 0.3 is 0 Å². The molecule has 0 atom stereocenters. The molecule has 1 aliphatic rings. The summed E-state index contributed by atoms with van der Waals surface area (Å²) in [5, 5.41) is 9.97. The van der Waals surface area contributed by atoms with Gasteiger partial charge in [0, 0.05) is 23.5 Å². The highest BCUT2D eigenvalue weighted by molar-refractivity contribution is 6.04. The number of aromatic nitrogens is 4. The van der Waals surface area contributed by atoms with E-state index in [1.807, 2.05) is 24.3 Å². The highest BCUT2D eigenvalue weighted by atomic mass is 16.2. The maximum atomic E-state index is 12.6. The zero-order valence-corrected chi connectivity index (χ0v) is 16.6. The highest BCUT2D eigenvalue weighted by Crippen LogP contribution is 2.28. The minimum absolute atomic E-state index is 0.0249. The van der Waals surface area contributed by atoms with E-state index in [4.69, 9.17) is 0 Å². The first-order valence-electron chi connectivity index (χ1n) is 9.36. The molecule has 2 amide bonds. The summed E-state index contributed by atoms with van der Waals surface area (Å²) >= 11 is 0. The SMILES string of the molecule is CC(C)(C)c1ccc(C(=O)Nc2n[nH]c3c2CN(C(=O)c2cnccn2)C3)cc1. The lowest BCUT2D eigenvalue weighted by Crippen LogP contribution is -2.27. The maximum Gasteiger partial charge on any atom is 0.274 e. The van der Waals surface area contributed by atoms with E-state index in [9.17, 15) is 9.59 Å². The van der Waals surface area contributed by atoms with E-state index in [-0.39, 0.29) is 22.9 Å². The standard InChI is InChI=1S/C21H22N6O2/c1-21(2,3)14-6-4-13(5-7-14)19(28)24-18-15-11-27(12-17(15)25-26-18)20(29)16-10-22-8-9-23-16/h4-10H,11-12H2,1-3H3,(H2,24,25,26,28). The molecule has 4 rings (SSSR count). The molecule has 8 heteroatoms. The Morgan fingerprint density at radius 1 is 1.10 bits per heavy atom. The van der Waals surface area contributed by atoms with Gasteiger partial charge in [-0.1, -0.05) is 32.9 Å². The van der Waals surface area contributed by atoms with Crippen LogP contribution in [0, 0.1) is 0 Å². The quantitative estimate of drug-likeness (QED) is 0.716. The Bertz CT molecular complexity index is 1050. The predicted molar refractivity (Wildman–Crippen MR) is 107 cm³/mol. The van der Waals surface area contributed by atoms with Gasteiger partial charge in [-0.25, -0.2) is 4.98 Å². The monoisotopic (exact) mass is 390 g/mol. The van der Waals surface area contributed by atoms with Crippen LogP contribution >= 0.6 is 0 Å². The fraction of sp³-hybridized carbons (Fsp3) is 0.286. The number of carbonyl (C=O) groups is 2. The van der Waals surface area contributed by atoms with Crippen LogP contribution in [-0.4, -0.2) is 36.9 Å². The smallest absolute Gasteiger partial charge is 0.274 e. The molecule has 2 aromatic heterocycles. The Kier molecular flexibility index (Phi) is 4.62. The van der Waals surface area contributed by atoms with Crippen molar-refractivity contribution in [3.05, 3.63) is 70.9 Å². The van der Waals surface area contributed by atoms with Crippen LogP contribution in [0.2, 0.25) is 0 Å². The first-order valence-corrected chi connectivity index (χ1v) is 9.36. The topological polar surface area (TPSA) is 104 Å². The van der Waals surface area contributed by atoms with E-state index < -0.39 is 0 Å². The number of fused-ring (bicyclic) bond motifs is 1. The number of H-pyrrole nitrogens is 1. The Labute approximate surface area is 168 Å². The molecule has 0 saturated carbocycles. The summed E-state index contributed by atoms with van der Waals surface area (Å²) in [6.07, 6.45) is 4.45. The molecule has 0 fully saturated rings. The van der Waals surface area contributed by atoms with Gasteiger partial charge in [0.2, 0.25) is 0 Å². The summed E-state index contributed by atoms with van der Waals surface area (Å²) in [4.78, 5) is 34.9. The van der Waals surface area contributed by atoms with Gasteiger partial charge in [-0.2, -0.15) is 5.10 Å². The van der Waals surface area contributed by atoms with Crippen molar-refractivity contribution in [1.29, 1.82) is 0 Å². The average molecular weight is 390 g/mol. The third-order valence-corrected chi connectivity index (χ3v) is 4.97. The normalized spacial score (nSPS) is 13.3. The van der Waals surface area contributed by atoms with Gasteiger partial charge in [-0.05, 0) is 23.1 Å². The van der Waals surface area contributed by atoms with Crippen LogP contribution in [0.15, 0.2) is 42.9 Å². The van der Waals surface area contributed by atoms with Crippen molar-refractivity contribution < 1.29 is 9.59 Å². The van der Waals surface area contributed by atoms with Crippen molar-refractivity contribution in [2.75, 3.05) is 5.32 Å². The van der Waals surface area contributed by atoms with Crippen molar-refractivity contribution in [3.63, 3.8) is 0 Å². The molecule has 148 valence electrons. The Morgan fingerprint density at radius 3 is 2.52 bits per heavy atom. The predicted octanol–water partition coefficient (Wildman–Crippen LogP) is 2.91. The number of aromatic amines is 1. The van der Waals surface area contributed by atoms with Gasteiger partial charge < -0.3 is 10.2 Å². The number of amides is 2. The number of rotatable bonds is 3. The Hall–Kier alpha value is -3.55. The second-order valence-electron chi connectivity index (χ2n) is 8.06. The van der Waals surface area contributed by atoms with E-state index in [1.54, 1.807) is 4.90 Å². The summed E-state index contributed by atoms with van der Waals surface area (Å²) in [5.74, 6) is -0.00412. The first-order chi connectivity index (χ1) is 13.8. The average Bonchev–Trinajstić information content (AvgIpc) is 3.29. The summed E-state index contributed by atoms with van der Waals surface area (Å²) in [5.41, 5.74) is 3.64. The van der Waals surface area contributed by atoms with Crippen molar-refractivity contribution in [2.24, 2.45) is 0 Å². The number of hydrogen-bond acceptors (Lipinski definition) is 5. The number of carbonyl (C=O) groups excluding carboxylic acids is 2. The second kappa shape index (κ2) is 7.12. The molecule has 1 aromatic carbocycles. The minimum Gasteiger partial charge on any atom is -0.327 e. The number of nitrogens with zero attached hydrogens (tertiary/aromatic N) is 4. The summed E-state index contributed by atoms with van der Waals surface area (Å²) in [7, 11) is 0. The summed E-state index contributed by atoms with van der Waals surface area (Å²) < 4.78 is 0. The van der Waals surface area contributed by atoms with Crippen LogP contribution in [0.1, 0.15) is 58.4 Å². The lowest BCUT2D eigenvalue weighted by molar-refractivity contribution is 0.0743. The Balaban J connectivity index is 1.47. The largest absolute Gasteiger partial charge is 0.327 e. The fourth-order valence-electron chi connectivity index (χ4n) is 3.26. The minimum atomic E-state index is -0.238. The van der Waals surface area contributed by atoms with Crippen LogP contribution < -0.4 is 5.32 Å². The van der Waals surface area contributed by atoms with Crippen molar-refractivity contribution >= 4 is 17.6 Å². The Morgan fingerprint density at radius 2 is 1.86 bits per heavy atom. The molecule has 3 heterocycles. The summed E-state index contributed by atoms with van der Waals surface area (Å²) in [6, 6.07) is 7.55. The molecular weight excluding hydrogens is 368 g/mol. The zero-order valence-electron chi connectivity index (χ0n) is 16.6. The van der Waals surface area contributed by atoms with E-state index >= 15 is 0 Å². The number of anilines is 1. The van der Waals surface area contributed by atoms with E-state index in [1.165, 1.54) is 18.6 Å². The molecule has 0 spiro atoms. The zero-order chi connectivity index (χ0) is 20.6. The lowest BCUT2D eigenvalue weighted by atomic mass is 9.87. The van der Waals surface area contributed by atoms with Gasteiger partial charge in [-0.15, -0.1) is 0 Å². The van der Waals surface area contributed by atoms with Crippen molar-refractivity contribution in [3.8, 4) is 0 Å². The van der Waals surface area contributed by atoms with Crippen LogP contribution in [-0.2, 0) is 18.5 Å². The van der Waals surface area contributed by atoms with E-state index in [0.29, 0.717) is 24.5 Å². The van der Waals surface area contributed by atoms with Gasteiger partial charge in [0.1, 0.15) is 5.69 Å². The van der Waals surface area contributed by atoms with Crippen molar-refractivity contribution in [2.45, 2.75) is 39.3 Å². The highest BCUT2D eigenvalue weighted by Gasteiger charge is 2.30. The molecule has 0 radical (unpaired) electrons. The van der Waals surface area contributed by atoms with Crippen LogP contribution in [0.3, 0.4) is 0 Å². The lowest BCUT2D eigenvalue weighted by Gasteiger charge is -2.19. The third kappa shape index (κ3) is 3.73. The molecule has 3 aromatic rings. The van der Waals surface area contributed by atoms with E-state index in [2.05, 4.69) is 46.3 Å². The molecule has 0 saturated heterocycles. The molecular formula is C21H22N6O2. The van der Waals surface area contributed by atoms with Crippen molar-refractivity contribution in [1.82, 2.24) is 25.1 Å². The molecule has 2 N–H and O–H groups in total. The molecule has 0 bridgehead atoms. The van der Waals surface area contributed by atoms with Crippen LogP contribution in [0.25, 0.3) is 0 Å². The van der Waals surface area contributed by atoms with Gasteiger partial charge in [0.25, 0.3) is 11.8 Å². The van der Waals surface area contributed by atoms with Gasteiger partial charge in [-0.3, -0.25) is 19.7 Å². The third-order valence-electron chi connectivity index (χ3n) is 4.97. The van der Waals surface area contributed by atoms with Gasteiger partial charge in [0.15, 0.2) is 5.82 Å². The number of benzene rings is 1. The number of nitrogens with one attached hydrogen (secondary N) is 2. The van der Waals surface area contributed by atoms with Gasteiger partial charge in [0.05, 0.1) is 25.0 Å². The molecule has 1 aliphatic heterocycles. The first kappa shape index (κ1) is 18.8.